The van der Waals surface area contributed by atoms with Crippen molar-refractivity contribution in [1.29, 1.82) is 0 Å². The van der Waals surface area contributed by atoms with Gasteiger partial charge in [0, 0.05) is 34.9 Å². The smallest absolute Gasteiger partial charge is 0.264 e. The van der Waals surface area contributed by atoms with Crippen molar-refractivity contribution in [3.8, 4) is 11.3 Å². The second kappa shape index (κ2) is 10.6. The predicted molar refractivity (Wildman–Crippen MR) is 149 cm³/mol. The lowest BCUT2D eigenvalue weighted by Gasteiger charge is -2.27. The Balaban J connectivity index is 1.61. The molecule has 0 spiro atoms. The summed E-state index contributed by atoms with van der Waals surface area (Å²) in [5.74, 6) is -2.90. The number of anilines is 2. The molecule has 0 bridgehead atoms. The van der Waals surface area contributed by atoms with Crippen molar-refractivity contribution < 1.29 is 21.6 Å². The molecule has 0 unspecified atom stereocenters. The van der Waals surface area contributed by atoms with Gasteiger partial charge in [0.25, 0.3) is 10.0 Å². The number of hydrogen-bond acceptors (Lipinski definition) is 6. The fourth-order valence-corrected chi connectivity index (χ4v) is 6.60. The van der Waals surface area contributed by atoms with E-state index >= 15 is 8.78 Å². The summed E-state index contributed by atoms with van der Waals surface area (Å²) in [6.45, 7) is 3.83. The fraction of sp³-hybridized carbons (Fsp3) is 0.333. The number of halogens is 4. The average Bonchev–Trinajstić information content (AvgIpc) is 3.30. The number of benzene rings is 2. The summed E-state index contributed by atoms with van der Waals surface area (Å²) in [4.78, 5) is 3.56. The molecule has 1 saturated carbocycles. The number of rotatable bonds is 6. The number of nitrogens with one attached hydrogen (secondary N) is 1. The van der Waals surface area contributed by atoms with Crippen LogP contribution in [0.2, 0.25) is 5.02 Å². The van der Waals surface area contributed by atoms with E-state index in [1.54, 1.807) is 10.9 Å². The minimum absolute atomic E-state index is 0.0435. The Bertz CT molecular complexity index is 1720. The summed E-state index contributed by atoms with van der Waals surface area (Å²) >= 11 is 5.80. The monoisotopic (exact) mass is 592 g/mol. The molecule has 2 heterocycles. The lowest BCUT2D eigenvalue weighted by Crippen LogP contribution is -2.26. The molecule has 5 N–H and O–H groups in total. The van der Waals surface area contributed by atoms with Crippen LogP contribution in [-0.2, 0) is 10.0 Å². The maximum absolute atomic E-state index is 15.6. The van der Waals surface area contributed by atoms with Crippen LogP contribution in [0.15, 0.2) is 41.4 Å². The number of fused-ring (bicyclic) bond motifs is 1. The van der Waals surface area contributed by atoms with Crippen molar-refractivity contribution in [2.75, 3.05) is 10.5 Å². The Morgan fingerprint density at radius 1 is 1.05 bits per heavy atom. The number of nitrogens with zero attached hydrogens (tertiary/aromatic N) is 3. The Hall–Kier alpha value is -3.35. The average molecular weight is 593 g/mol. The second-order valence-electron chi connectivity index (χ2n) is 10.3. The van der Waals surface area contributed by atoms with Gasteiger partial charge in [0.15, 0.2) is 0 Å². The first-order chi connectivity index (χ1) is 18.9. The van der Waals surface area contributed by atoms with Crippen molar-refractivity contribution in [2.24, 2.45) is 5.73 Å². The molecule has 1 aliphatic carbocycles. The molecule has 0 amide bonds. The van der Waals surface area contributed by atoms with Gasteiger partial charge in [-0.2, -0.15) is 5.10 Å². The molecular weight excluding hydrogens is 565 g/mol. The molecule has 1 aliphatic rings. The van der Waals surface area contributed by atoms with E-state index in [1.165, 1.54) is 6.07 Å². The summed E-state index contributed by atoms with van der Waals surface area (Å²) in [5, 5.41) is 4.97. The molecule has 0 aliphatic heterocycles. The molecular formula is C27H28ClF3N6O2S. The molecule has 4 aromatic rings. The van der Waals surface area contributed by atoms with Crippen LogP contribution < -0.4 is 16.2 Å². The number of nitrogens with two attached hydrogens (primary N) is 2. The maximum atomic E-state index is 15.6. The highest BCUT2D eigenvalue weighted by Crippen LogP contribution is 2.42. The number of hydrogen-bond donors (Lipinski definition) is 3. The maximum Gasteiger partial charge on any atom is 0.264 e. The molecule has 2 aromatic heterocycles. The number of nitrogen functional groups attached to an aromatic ring is 1. The van der Waals surface area contributed by atoms with Gasteiger partial charge in [0.05, 0.1) is 16.6 Å². The third-order valence-electron chi connectivity index (χ3n) is 7.22. The zero-order valence-corrected chi connectivity index (χ0v) is 23.3. The highest BCUT2D eigenvalue weighted by molar-refractivity contribution is 7.92. The number of aromatic nitrogens is 3. The minimum Gasteiger partial charge on any atom is -0.383 e. The normalized spacial score (nSPS) is 18.0. The quantitative estimate of drug-likeness (QED) is 0.247. The van der Waals surface area contributed by atoms with Crippen molar-refractivity contribution in [3.05, 3.63) is 64.6 Å². The van der Waals surface area contributed by atoms with Crippen LogP contribution in [0.1, 0.15) is 57.1 Å². The van der Waals surface area contributed by atoms with Crippen molar-refractivity contribution in [1.82, 2.24) is 14.8 Å². The van der Waals surface area contributed by atoms with Gasteiger partial charge in [-0.1, -0.05) is 11.6 Å². The lowest BCUT2D eigenvalue weighted by atomic mass is 9.82. The fourth-order valence-electron chi connectivity index (χ4n) is 5.20. The van der Waals surface area contributed by atoms with E-state index < -0.39 is 38.1 Å². The highest BCUT2D eigenvalue weighted by Gasteiger charge is 2.29. The summed E-state index contributed by atoms with van der Waals surface area (Å²) in [5.41, 5.74) is 13.1. The van der Waals surface area contributed by atoms with Crippen molar-refractivity contribution >= 4 is 44.0 Å². The van der Waals surface area contributed by atoms with Crippen LogP contribution >= 0.6 is 11.6 Å². The van der Waals surface area contributed by atoms with Gasteiger partial charge in [-0.25, -0.2) is 26.6 Å². The van der Waals surface area contributed by atoms with E-state index in [0.717, 1.165) is 49.4 Å². The van der Waals surface area contributed by atoms with E-state index in [-0.39, 0.29) is 40.1 Å². The van der Waals surface area contributed by atoms with Crippen molar-refractivity contribution in [2.45, 2.75) is 62.4 Å². The largest absolute Gasteiger partial charge is 0.383 e. The molecule has 1 fully saturated rings. The molecule has 13 heteroatoms. The van der Waals surface area contributed by atoms with Gasteiger partial charge < -0.3 is 11.5 Å². The summed E-state index contributed by atoms with van der Waals surface area (Å²) in [6.07, 6.45) is 5.13. The number of sulfonamides is 1. The van der Waals surface area contributed by atoms with Gasteiger partial charge >= 0.3 is 0 Å². The van der Waals surface area contributed by atoms with Gasteiger partial charge in [0.2, 0.25) is 0 Å². The summed E-state index contributed by atoms with van der Waals surface area (Å²) in [6, 6.07) is 4.42. The first kappa shape index (κ1) is 28.2. The molecule has 2 aromatic carbocycles. The van der Waals surface area contributed by atoms with E-state index in [9.17, 15) is 12.8 Å². The highest BCUT2D eigenvalue weighted by atomic mass is 35.5. The topological polar surface area (TPSA) is 129 Å². The third kappa shape index (κ3) is 5.11. The molecule has 0 atom stereocenters. The summed E-state index contributed by atoms with van der Waals surface area (Å²) < 4.78 is 74.2. The van der Waals surface area contributed by atoms with Gasteiger partial charge in [0.1, 0.15) is 33.9 Å². The Kier molecular flexibility index (Phi) is 7.45. The van der Waals surface area contributed by atoms with Gasteiger partial charge in [-0.15, -0.1) is 0 Å². The Morgan fingerprint density at radius 2 is 1.75 bits per heavy atom. The van der Waals surface area contributed by atoms with Crippen LogP contribution in [0.5, 0.6) is 0 Å². The van der Waals surface area contributed by atoms with Gasteiger partial charge in [-0.05, 0) is 75.3 Å². The van der Waals surface area contributed by atoms with Crippen LogP contribution in [0.3, 0.4) is 0 Å². The minimum atomic E-state index is -4.63. The molecule has 8 nitrogen and oxygen atoms in total. The van der Waals surface area contributed by atoms with E-state index in [0.29, 0.717) is 17.0 Å². The van der Waals surface area contributed by atoms with E-state index in [4.69, 9.17) is 23.1 Å². The molecule has 0 radical (unpaired) electrons. The van der Waals surface area contributed by atoms with E-state index in [2.05, 4.69) is 10.1 Å². The third-order valence-corrected chi connectivity index (χ3v) is 8.84. The SMILES string of the molecule is CC(C)n1nc(-c2cc(F)c(NS(=O)(=O)c3cc(Cl)ccc3F)cc2F)c2c(N)ncc([C@H]3CC[C@H](N)CC3)c21. The van der Waals surface area contributed by atoms with Crippen molar-refractivity contribution in [3.63, 3.8) is 0 Å². The van der Waals surface area contributed by atoms with Gasteiger partial charge in [-0.3, -0.25) is 9.40 Å². The summed E-state index contributed by atoms with van der Waals surface area (Å²) in [7, 11) is -4.63. The van der Waals surface area contributed by atoms with Crippen LogP contribution in [0.25, 0.3) is 22.2 Å². The molecule has 40 heavy (non-hydrogen) atoms. The zero-order valence-electron chi connectivity index (χ0n) is 21.8. The zero-order chi connectivity index (χ0) is 28.9. The Morgan fingerprint density at radius 3 is 2.42 bits per heavy atom. The lowest BCUT2D eigenvalue weighted by molar-refractivity contribution is 0.395. The predicted octanol–water partition coefficient (Wildman–Crippen LogP) is 6.12. The molecule has 212 valence electrons. The molecule has 0 saturated heterocycles. The van der Waals surface area contributed by atoms with Crippen LogP contribution in [0, 0.1) is 17.5 Å². The van der Waals surface area contributed by atoms with Crippen LogP contribution in [0.4, 0.5) is 24.7 Å². The molecule has 5 rings (SSSR count). The second-order valence-corrected chi connectivity index (χ2v) is 12.4. The van der Waals surface area contributed by atoms with Crippen LogP contribution in [-0.4, -0.2) is 29.2 Å². The first-order valence-corrected chi connectivity index (χ1v) is 14.6. The first-order valence-electron chi connectivity index (χ1n) is 12.8. The van der Waals surface area contributed by atoms with E-state index in [1.807, 2.05) is 18.6 Å². The standard InChI is InChI=1S/C27H28ClF3N6O2S/c1-13(2)37-26-18(14-3-6-16(32)7-4-14)12-34-27(33)24(26)25(35-37)17-10-21(31)22(11-20(17)30)36-40(38,39)23-9-15(28)5-8-19(23)29/h5,8-14,16,36H,3-4,6-7,32H2,1-2H3,(H2,33,34)/t14-,16-. The number of pyridine rings is 1. The Labute approximate surface area is 234 Å².